The second kappa shape index (κ2) is 27.4. The molecule has 2 aliphatic carbocycles. The number of fused-ring (bicyclic) bond motifs is 18. The Hall–Kier alpha value is -13.0. The zero-order chi connectivity index (χ0) is 69.7. The van der Waals surface area contributed by atoms with Crippen molar-refractivity contribution >= 4 is 24.2 Å². The van der Waals surface area contributed by atoms with E-state index in [1.807, 2.05) is 152 Å². The van der Waals surface area contributed by atoms with Gasteiger partial charge in [0.2, 0.25) is 5.28 Å². The third kappa shape index (κ3) is 11.3. The molecule has 0 unspecified atom stereocenters. The van der Waals surface area contributed by atoms with Crippen molar-refractivity contribution in [1.82, 2.24) is 29.9 Å². The number of hydrogen-bond donors (Lipinski definition) is 2. The summed E-state index contributed by atoms with van der Waals surface area (Å²) in [4.78, 5) is 28.7. The predicted molar refractivity (Wildman–Crippen MR) is 420 cm³/mol. The molecule has 14 aromatic carbocycles. The van der Waals surface area contributed by atoms with Gasteiger partial charge in [0.05, 0.1) is 10.8 Å². The van der Waals surface area contributed by atoms with E-state index in [-0.39, 0.29) is 12.7 Å². The van der Waals surface area contributed by atoms with Crippen molar-refractivity contribution in [2.75, 3.05) is 0 Å². The first kappa shape index (κ1) is 65.3. The summed E-state index contributed by atoms with van der Waals surface area (Å²) in [5, 5.41) is 20.4. The van der Waals surface area contributed by atoms with Crippen molar-refractivity contribution in [2.45, 2.75) is 18.3 Å². The number of benzene rings is 14. The van der Waals surface area contributed by atoms with Crippen LogP contribution in [0.3, 0.4) is 0 Å². The Kier molecular flexibility index (Phi) is 17.0. The quantitative estimate of drug-likeness (QED) is 0.142. The maximum Gasteiger partial charge on any atom is 0.489 e. The van der Waals surface area contributed by atoms with Gasteiger partial charge in [-0.15, -0.1) is 0 Å². The van der Waals surface area contributed by atoms with Crippen LogP contribution in [0.4, 0.5) is 0 Å². The highest BCUT2D eigenvalue weighted by Gasteiger charge is 2.53. The van der Waals surface area contributed by atoms with Crippen LogP contribution in [-0.4, -0.2) is 47.1 Å². The largest absolute Gasteiger partial charge is 0.489 e. The second-order valence-electron chi connectivity index (χ2n) is 25.8. The van der Waals surface area contributed by atoms with Gasteiger partial charge in [-0.1, -0.05) is 323 Å². The molecule has 10 nitrogen and oxygen atoms in total. The maximum atomic E-state index is 10.1. The monoisotopic (exact) mass is 1370 g/mol. The fraction of sp³-hybridized carbons (Fsp3) is 0.0323. The van der Waals surface area contributed by atoms with Crippen molar-refractivity contribution in [1.29, 1.82) is 0 Å². The lowest BCUT2D eigenvalue weighted by Crippen LogP contribution is -2.35. The standard InChI is InChI=1S/C46H29N3O.C25H17BO3.C21H14ClN3.CH4/c1-3-15-30(16-4-1)32-19-13-20-33(29-32)44-47-43(31-17-5-2-6-18-31)48-45(49-44)35-22-14-26-39-42(35)34-21-7-8-23-36(34)46(39)37-24-9-11-27-40(37)50-41-28-12-10-25-38(41)46;27-26(28)21-13-7-12-20-24(21)16-8-1-2-9-17(16)25(20)18-10-3-5-14-22(18)29-23-15-6-4-11-19(23)25;22-21-24-19(16-10-5-2-6-11-16)23-20(25-21)18-13-7-12-17(14-18)15-8-3-1-4-9-15;/h1-29H;1-15,27-28H;1-14H;1H4. The minimum atomic E-state index is -1.54. The van der Waals surface area contributed by atoms with E-state index >= 15 is 0 Å². The average Bonchev–Trinajstić information content (AvgIpc) is 1.55. The molecular formula is C93H64BClN6O4. The molecule has 4 aliphatic rings. The molecule has 0 amide bonds. The lowest BCUT2D eigenvalue weighted by molar-refractivity contribution is 0.426. The van der Waals surface area contributed by atoms with Crippen molar-refractivity contribution in [2.24, 2.45) is 0 Å². The minimum absolute atomic E-state index is 0. The van der Waals surface area contributed by atoms with E-state index in [9.17, 15) is 10.0 Å². The van der Waals surface area contributed by atoms with Gasteiger partial charge in [0.25, 0.3) is 0 Å². The van der Waals surface area contributed by atoms with Crippen LogP contribution >= 0.6 is 11.6 Å². The molecule has 16 aromatic rings. The molecule has 2 spiro atoms. The molecule has 12 heteroatoms. The molecule has 0 fully saturated rings. The molecule has 2 N–H and O–H groups in total. The van der Waals surface area contributed by atoms with Crippen LogP contribution in [0.5, 0.6) is 23.0 Å². The molecule has 0 saturated carbocycles. The molecular weight excluding hydrogens is 1310 g/mol. The molecule has 0 bridgehead atoms. The zero-order valence-electron chi connectivity index (χ0n) is 55.8. The normalized spacial score (nSPS) is 12.8. The Morgan fingerprint density at radius 3 is 0.971 bits per heavy atom. The summed E-state index contributed by atoms with van der Waals surface area (Å²) < 4.78 is 12.8. The van der Waals surface area contributed by atoms with Gasteiger partial charge < -0.3 is 19.5 Å². The Labute approximate surface area is 614 Å². The van der Waals surface area contributed by atoms with Gasteiger partial charge >= 0.3 is 7.12 Å². The molecule has 0 saturated heterocycles. The zero-order valence-corrected chi connectivity index (χ0v) is 56.6. The van der Waals surface area contributed by atoms with Gasteiger partial charge in [-0.3, -0.25) is 0 Å². The highest BCUT2D eigenvalue weighted by atomic mass is 35.5. The number of aromatic nitrogens is 6. The molecule has 0 atom stereocenters. The van der Waals surface area contributed by atoms with Crippen LogP contribution in [0.15, 0.2) is 352 Å². The van der Waals surface area contributed by atoms with Crippen LogP contribution in [-0.2, 0) is 10.8 Å². The average molecular weight is 1380 g/mol. The van der Waals surface area contributed by atoms with Crippen LogP contribution < -0.4 is 14.9 Å². The fourth-order valence-electron chi connectivity index (χ4n) is 15.7. The van der Waals surface area contributed by atoms with Crippen LogP contribution in [0.25, 0.3) is 101 Å². The summed E-state index contributed by atoms with van der Waals surface area (Å²) in [6.07, 6.45) is 0. The predicted octanol–water partition coefficient (Wildman–Crippen LogP) is 21.0. The Bertz CT molecular complexity index is 5880. The Balaban J connectivity index is 0.000000126. The number of hydrogen-bond acceptors (Lipinski definition) is 10. The number of ether oxygens (including phenoxy) is 2. The molecule has 0 radical (unpaired) electrons. The molecule has 500 valence electrons. The highest BCUT2D eigenvalue weighted by Crippen LogP contribution is 2.64. The summed E-state index contributed by atoms with van der Waals surface area (Å²) in [5.41, 5.74) is 21.7. The minimum Gasteiger partial charge on any atom is -0.457 e. The van der Waals surface area contributed by atoms with Crippen molar-refractivity contribution in [3.8, 4) is 124 Å². The first-order chi connectivity index (χ1) is 51.3. The van der Waals surface area contributed by atoms with Crippen LogP contribution in [0.2, 0.25) is 5.28 Å². The Morgan fingerprint density at radius 2 is 0.533 bits per heavy atom. The fourth-order valence-corrected chi connectivity index (χ4v) is 15.9. The SMILES string of the molecule is C.Clc1nc(-c2ccccc2)nc(-c2cccc(-c3ccccc3)c2)n1.OB(O)c1cccc2c1-c1ccccc1C21c2ccccc2Oc2ccccc21.c1ccc(-c2cccc(-c3nc(-c4ccccc4)nc(-c4cccc5c4-c4ccccc4C54c5ccccc5Oc5ccccc54)n3)c2)cc1. The van der Waals surface area contributed by atoms with E-state index in [1.54, 1.807) is 6.07 Å². The molecule has 2 aliphatic heterocycles. The highest BCUT2D eigenvalue weighted by molar-refractivity contribution is 6.60. The number of halogens is 1. The third-order valence-electron chi connectivity index (χ3n) is 20.1. The van der Waals surface area contributed by atoms with Gasteiger partial charge in [0.15, 0.2) is 29.1 Å². The van der Waals surface area contributed by atoms with E-state index < -0.39 is 17.9 Å². The van der Waals surface area contributed by atoms with Crippen molar-refractivity contribution in [3.05, 3.63) is 402 Å². The summed E-state index contributed by atoms with van der Waals surface area (Å²) in [5.74, 6) is 6.42. The topological polar surface area (TPSA) is 136 Å². The number of nitrogens with zero attached hydrogens (tertiary/aromatic N) is 6. The summed E-state index contributed by atoms with van der Waals surface area (Å²) in [6.45, 7) is 0. The van der Waals surface area contributed by atoms with E-state index in [4.69, 9.17) is 36.0 Å². The van der Waals surface area contributed by atoms with Gasteiger partial charge in [-0.25, -0.2) is 19.9 Å². The second-order valence-corrected chi connectivity index (χ2v) is 26.2. The maximum absolute atomic E-state index is 10.1. The summed E-state index contributed by atoms with van der Waals surface area (Å²) >= 11 is 6.14. The van der Waals surface area contributed by atoms with E-state index in [0.29, 0.717) is 34.6 Å². The van der Waals surface area contributed by atoms with Gasteiger partial charge in [0.1, 0.15) is 23.0 Å². The van der Waals surface area contributed by atoms with Gasteiger partial charge in [-0.2, -0.15) is 9.97 Å². The van der Waals surface area contributed by atoms with Crippen molar-refractivity contribution in [3.63, 3.8) is 0 Å². The van der Waals surface area contributed by atoms with Crippen LogP contribution in [0.1, 0.15) is 51.9 Å². The van der Waals surface area contributed by atoms with E-state index in [2.05, 4.69) is 209 Å². The third-order valence-corrected chi connectivity index (χ3v) is 20.2. The first-order valence-electron chi connectivity index (χ1n) is 34.5. The van der Waals surface area contributed by atoms with E-state index in [0.717, 1.165) is 123 Å². The molecule has 2 aromatic heterocycles. The number of rotatable bonds is 8. The molecule has 105 heavy (non-hydrogen) atoms. The van der Waals surface area contributed by atoms with Crippen LogP contribution in [0, 0.1) is 0 Å². The van der Waals surface area contributed by atoms with E-state index in [1.165, 1.54) is 16.7 Å². The summed E-state index contributed by atoms with van der Waals surface area (Å²) in [7, 11) is -1.54. The Morgan fingerprint density at radius 1 is 0.248 bits per heavy atom. The smallest absolute Gasteiger partial charge is 0.457 e. The lowest BCUT2D eigenvalue weighted by atomic mass is 9.65. The van der Waals surface area contributed by atoms with Crippen molar-refractivity contribution < 1.29 is 19.5 Å². The number of para-hydroxylation sites is 4. The summed E-state index contributed by atoms with van der Waals surface area (Å²) in [6, 6.07) is 120. The lowest BCUT2D eigenvalue weighted by Gasteiger charge is -2.39. The van der Waals surface area contributed by atoms with Gasteiger partial charge in [-0.05, 0) is 120 Å². The molecule has 4 heterocycles. The molecule has 20 rings (SSSR count). The van der Waals surface area contributed by atoms with Gasteiger partial charge in [0, 0.05) is 50.1 Å². The first-order valence-corrected chi connectivity index (χ1v) is 34.9.